The number of rotatable bonds is 8. The van der Waals surface area contributed by atoms with E-state index in [9.17, 15) is 0 Å². The van der Waals surface area contributed by atoms with Gasteiger partial charge in [-0.2, -0.15) is 0 Å². The van der Waals surface area contributed by atoms with Gasteiger partial charge in [0.2, 0.25) is 0 Å². The fourth-order valence-corrected chi connectivity index (χ4v) is 2.51. The van der Waals surface area contributed by atoms with Gasteiger partial charge in [0.05, 0.1) is 24.4 Å². The maximum atomic E-state index is 5.61. The Balaban J connectivity index is 1.52. The molecule has 0 spiro atoms. The van der Waals surface area contributed by atoms with Crippen molar-refractivity contribution in [2.75, 3.05) is 25.6 Å². The molecule has 20 heavy (non-hydrogen) atoms. The van der Waals surface area contributed by atoms with Gasteiger partial charge in [0.15, 0.2) is 0 Å². The summed E-state index contributed by atoms with van der Waals surface area (Å²) in [4.78, 5) is 5.53. The molecule has 1 heterocycles. The summed E-state index contributed by atoms with van der Waals surface area (Å²) in [6, 6.07) is 7.43. The van der Waals surface area contributed by atoms with Crippen LogP contribution >= 0.6 is 11.3 Å². The summed E-state index contributed by atoms with van der Waals surface area (Å²) in [5.41, 5.74) is 9.35. The van der Waals surface area contributed by atoms with Crippen LogP contribution < -0.4 is 10.5 Å². The Morgan fingerprint density at radius 1 is 1.15 bits per heavy atom. The first kappa shape index (κ1) is 14.8. The van der Waals surface area contributed by atoms with Crippen molar-refractivity contribution in [1.82, 2.24) is 4.98 Å². The third kappa shape index (κ3) is 4.83. The number of aryl methyl sites for hydroxylation is 1. The Morgan fingerprint density at radius 3 is 2.65 bits per heavy atom. The largest absolute Gasteiger partial charge is 0.494 e. The third-order valence-electron chi connectivity index (χ3n) is 2.90. The molecule has 5 heteroatoms. The third-order valence-corrected chi connectivity index (χ3v) is 3.90. The lowest BCUT2D eigenvalue weighted by atomic mass is 10.3. The number of anilines is 1. The van der Waals surface area contributed by atoms with Crippen molar-refractivity contribution in [3.63, 3.8) is 0 Å². The summed E-state index contributed by atoms with van der Waals surface area (Å²) in [7, 11) is 0. The van der Waals surface area contributed by atoms with Crippen molar-refractivity contribution in [3.05, 3.63) is 40.3 Å². The molecule has 0 fully saturated rings. The summed E-state index contributed by atoms with van der Waals surface area (Å²) in [5, 5.41) is 0. The van der Waals surface area contributed by atoms with Gasteiger partial charge in [0.1, 0.15) is 5.75 Å². The lowest BCUT2D eigenvalue weighted by Gasteiger charge is -2.07. The number of hydrogen-bond acceptors (Lipinski definition) is 5. The molecule has 0 atom stereocenters. The molecule has 108 valence electrons. The number of nitrogen functional groups attached to an aromatic ring is 1. The van der Waals surface area contributed by atoms with E-state index in [2.05, 4.69) is 4.98 Å². The monoisotopic (exact) mass is 292 g/mol. The second-order valence-corrected chi connectivity index (χ2v) is 5.43. The number of benzene rings is 1. The highest BCUT2D eigenvalue weighted by Crippen LogP contribution is 2.14. The van der Waals surface area contributed by atoms with Crippen LogP contribution in [0.1, 0.15) is 17.0 Å². The smallest absolute Gasteiger partial charge is 0.119 e. The van der Waals surface area contributed by atoms with Crippen LogP contribution in [0.4, 0.5) is 5.69 Å². The van der Waals surface area contributed by atoms with E-state index in [0.717, 1.165) is 36.6 Å². The van der Waals surface area contributed by atoms with E-state index >= 15 is 0 Å². The van der Waals surface area contributed by atoms with E-state index in [4.69, 9.17) is 15.2 Å². The highest BCUT2D eigenvalue weighted by Gasteiger charge is 2.00. The highest BCUT2D eigenvalue weighted by atomic mass is 32.1. The first-order chi connectivity index (χ1) is 9.75. The van der Waals surface area contributed by atoms with Crippen LogP contribution in [0.15, 0.2) is 29.8 Å². The van der Waals surface area contributed by atoms with E-state index in [1.54, 1.807) is 11.3 Å². The molecule has 0 saturated heterocycles. The fourth-order valence-electron chi connectivity index (χ4n) is 1.75. The molecule has 0 saturated carbocycles. The second kappa shape index (κ2) is 7.87. The average molecular weight is 292 g/mol. The molecule has 0 radical (unpaired) electrons. The van der Waals surface area contributed by atoms with Gasteiger partial charge in [-0.1, -0.05) is 0 Å². The molecular weight excluding hydrogens is 272 g/mol. The van der Waals surface area contributed by atoms with Crippen molar-refractivity contribution < 1.29 is 9.47 Å². The molecule has 0 unspecified atom stereocenters. The highest BCUT2D eigenvalue weighted by molar-refractivity contribution is 7.09. The van der Waals surface area contributed by atoms with Crippen molar-refractivity contribution in [1.29, 1.82) is 0 Å². The molecule has 2 N–H and O–H groups in total. The van der Waals surface area contributed by atoms with Crippen LogP contribution in [-0.4, -0.2) is 24.8 Å². The first-order valence-electron chi connectivity index (χ1n) is 6.71. The average Bonchev–Trinajstić information content (AvgIpc) is 2.85. The van der Waals surface area contributed by atoms with Gasteiger partial charge < -0.3 is 15.2 Å². The minimum absolute atomic E-state index is 0.656. The topological polar surface area (TPSA) is 57.4 Å². The molecule has 0 aliphatic carbocycles. The summed E-state index contributed by atoms with van der Waals surface area (Å²) >= 11 is 1.69. The van der Waals surface area contributed by atoms with Gasteiger partial charge >= 0.3 is 0 Å². The summed E-state index contributed by atoms with van der Waals surface area (Å²) < 4.78 is 11.2. The van der Waals surface area contributed by atoms with Crippen molar-refractivity contribution in [2.45, 2.75) is 19.8 Å². The molecule has 0 bridgehead atoms. The van der Waals surface area contributed by atoms with Gasteiger partial charge in [0.25, 0.3) is 0 Å². The Labute approximate surface area is 123 Å². The summed E-state index contributed by atoms with van der Waals surface area (Å²) in [6.45, 7) is 4.15. The van der Waals surface area contributed by atoms with Gasteiger partial charge in [-0.25, -0.2) is 4.98 Å². The van der Waals surface area contributed by atoms with Crippen LogP contribution in [0.5, 0.6) is 5.75 Å². The first-order valence-corrected chi connectivity index (χ1v) is 7.59. The van der Waals surface area contributed by atoms with E-state index in [0.29, 0.717) is 13.2 Å². The van der Waals surface area contributed by atoms with Crippen molar-refractivity contribution in [2.24, 2.45) is 0 Å². The SMILES string of the molecule is Cc1ncsc1CCOCCCOc1ccc(N)cc1. The Kier molecular flexibility index (Phi) is 5.83. The fraction of sp³-hybridized carbons (Fsp3) is 0.400. The Morgan fingerprint density at radius 2 is 1.95 bits per heavy atom. The normalized spacial score (nSPS) is 10.7. The number of ether oxygens (including phenoxy) is 2. The van der Waals surface area contributed by atoms with E-state index < -0.39 is 0 Å². The molecule has 0 amide bonds. The van der Waals surface area contributed by atoms with Gasteiger partial charge in [-0.3, -0.25) is 0 Å². The second-order valence-electron chi connectivity index (χ2n) is 4.49. The predicted octanol–water partition coefficient (Wildman–Crippen LogP) is 3.06. The molecule has 0 aliphatic rings. The van der Waals surface area contributed by atoms with Gasteiger partial charge in [-0.05, 0) is 31.2 Å². The molecule has 1 aromatic carbocycles. The summed E-state index contributed by atoms with van der Waals surface area (Å²) in [6.07, 6.45) is 1.82. The van der Waals surface area contributed by atoms with E-state index in [1.807, 2.05) is 36.7 Å². The number of nitrogens with two attached hydrogens (primary N) is 1. The Bertz CT molecular complexity index is 511. The molecule has 0 aliphatic heterocycles. The van der Waals surface area contributed by atoms with E-state index in [-0.39, 0.29) is 0 Å². The number of hydrogen-bond donors (Lipinski definition) is 1. The van der Waals surface area contributed by atoms with Crippen LogP contribution in [0, 0.1) is 6.92 Å². The van der Waals surface area contributed by atoms with Crippen LogP contribution in [0.25, 0.3) is 0 Å². The lowest BCUT2D eigenvalue weighted by Crippen LogP contribution is -2.05. The molecule has 1 aromatic heterocycles. The van der Waals surface area contributed by atoms with Crippen LogP contribution in [-0.2, 0) is 11.2 Å². The van der Waals surface area contributed by atoms with E-state index in [1.165, 1.54) is 4.88 Å². The Hall–Kier alpha value is -1.59. The number of thiazole rings is 1. The number of nitrogens with zero attached hydrogens (tertiary/aromatic N) is 1. The predicted molar refractivity (Wildman–Crippen MR) is 82.3 cm³/mol. The van der Waals surface area contributed by atoms with Crippen LogP contribution in [0.2, 0.25) is 0 Å². The lowest BCUT2D eigenvalue weighted by molar-refractivity contribution is 0.122. The minimum atomic E-state index is 0.656. The molecule has 4 nitrogen and oxygen atoms in total. The zero-order chi connectivity index (χ0) is 14.2. The zero-order valence-corrected chi connectivity index (χ0v) is 12.5. The zero-order valence-electron chi connectivity index (χ0n) is 11.7. The molecule has 2 aromatic rings. The maximum Gasteiger partial charge on any atom is 0.119 e. The van der Waals surface area contributed by atoms with Crippen molar-refractivity contribution in [3.8, 4) is 5.75 Å². The van der Waals surface area contributed by atoms with Crippen molar-refractivity contribution >= 4 is 17.0 Å². The van der Waals surface area contributed by atoms with Gasteiger partial charge in [0, 0.05) is 30.0 Å². The minimum Gasteiger partial charge on any atom is -0.494 e. The molecular formula is C15H20N2O2S. The summed E-state index contributed by atoms with van der Waals surface area (Å²) in [5.74, 6) is 0.847. The maximum absolute atomic E-state index is 5.61. The van der Waals surface area contributed by atoms with Crippen LogP contribution in [0.3, 0.4) is 0 Å². The standard InChI is InChI=1S/C15H20N2O2S/c1-12-15(20-11-17-12)7-10-18-8-2-9-19-14-5-3-13(16)4-6-14/h3-6,11H,2,7-10,16H2,1H3. The van der Waals surface area contributed by atoms with Gasteiger partial charge in [-0.15, -0.1) is 11.3 Å². The quantitative estimate of drug-likeness (QED) is 0.600. The number of aromatic nitrogens is 1. The molecule has 2 rings (SSSR count).